The summed E-state index contributed by atoms with van der Waals surface area (Å²) in [6, 6.07) is -2.35. The molecule has 0 aromatic heterocycles. The zero-order valence-electron chi connectivity index (χ0n) is 8.46. The molecule has 0 aromatic carbocycles. The van der Waals surface area contributed by atoms with Gasteiger partial charge in [0.05, 0.1) is 12.8 Å². The molecule has 0 spiro atoms. The molecular weight excluding hydrogens is 279 g/mol. The van der Waals surface area contributed by atoms with E-state index in [0.717, 1.165) is 0 Å². The van der Waals surface area contributed by atoms with Gasteiger partial charge in [-0.2, -0.15) is 26.3 Å². The van der Waals surface area contributed by atoms with Crippen LogP contribution >= 0.6 is 7.75 Å². The largest absolute Gasteiger partial charge is 0.403 e. The highest BCUT2D eigenvalue weighted by atomic mass is 31.2. The van der Waals surface area contributed by atoms with E-state index in [1.807, 2.05) is 0 Å². The standard InChI is InChI=1S/C6H10F6NO3P/c1-13(17(14,15)16)4(2-5(7,8)9)3-6(10,11)12/h4H,2-3H2,1H3,(H2,14,15,16). The Balaban J connectivity index is 4.93. The first-order valence-electron chi connectivity index (χ1n) is 4.15. The maximum Gasteiger partial charge on any atom is 0.403 e. The van der Waals surface area contributed by atoms with Crippen molar-refractivity contribution in [2.24, 2.45) is 0 Å². The molecule has 4 nitrogen and oxygen atoms in total. The molecule has 11 heteroatoms. The molecule has 0 aliphatic carbocycles. The number of hydrogen-bond donors (Lipinski definition) is 2. The Hall–Kier alpha value is -0.310. The van der Waals surface area contributed by atoms with Crippen molar-refractivity contribution in [1.82, 2.24) is 4.67 Å². The minimum absolute atomic E-state index is 0.214. The molecule has 0 saturated heterocycles. The maximum absolute atomic E-state index is 12.0. The van der Waals surface area contributed by atoms with Crippen molar-refractivity contribution in [1.29, 1.82) is 0 Å². The van der Waals surface area contributed by atoms with Gasteiger partial charge in [0.25, 0.3) is 0 Å². The Morgan fingerprint density at radius 3 is 1.53 bits per heavy atom. The zero-order valence-corrected chi connectivity index (χ0v) is 9.35. The quantitative estimate of drug-likeness (QED) is 0.615. The molecule has 0 aromatic rings. The van der Waals surface area contributed by atoms with Crippen LogP contribution in [-0.4, -0.2) is 39.9 Å². The minimum Gasteiger partial charge on any atom is -0.312 e. The van der Waals surface area contributed by atoms with E-state index in [-0.39, 0.29) is 4.67 Å². The van der Waals surface area contributed by atoms with Gasteiger partial charge in [0.15, 0.2) is 0 Å². The second kappa shape index (κ2) is 5.13. The first-order chi connectivity index (χ1) is 7.22. The van der Waals surface area contributed by atoms with Crippen molar-refractivity contribution in [3.8, 4) is 0 Å². The Labute approximate surface area is 92.4 Å². The summed E-state index contributed by atoms with van der Waals surface area (Å²) in [5.74, 6) is 0. The van der Waals surface area contributed by atoms with E-state index in [1.54, 1.807) is 0 Å². The van der Waals surface area contributed by atoms with Crippen LogP contribution in [0.2, 0.25) is 0 Å². The van der Waals surface area contributed by atoms with Crippen molar-refractivity contribution >= 4 is 7.75 Å². The molecule has 0 radical (unpaired) electrons. The van der Waals surface area contributed by atoms with Crippen LogP contribution in [0.3, 0.4) is 0 Å². The fraction of sp³-hybridized carbons (Fsp3) is 1.00. The van der Waals surface area contributed by atoms with Crippen molar-refractivity contribution in [2.75, 3.05) is 7.05 Å². The van der Waals surface area contributed by atoms with Gasteiger partial charge in [0.1, 0.15) is 0 Å². The number of rotatable bonds is 4. The average Bonchev–Trinajstić information content (AvgIpc) is 1.94. The molecule has 0 saturated carbocycles. The van der Waals surface area contributed by atoms with Crippen LogP contribution in [0, 0.1) is 0 Å². The van der Waals surface area contributed by atoms with Crippen LogP contribution in [0.5, 0.6) is 0 Å². The van der Waals surface area contributed by atoms with Gasteiger partial charge in [-0.1, -0.05) is 0 Å². The van der Waals surface area contributed by atoms with E-state index in [2.05, 4.69) is 0 Å². The predicted molar refractivity (Wildman–Crippen MR) is 44.9 cm³/mol. The average molecular weight is 289 g/mol. The molecule has 0 rings (SSSR count). The third-order valence-electron chi connectivity index (χ3n) is 1.87. The maximum atomic E-state index is 12.0. The molecule has 0 amide bonds. The summed E-state index contributed by atoms with van der Waals surface area (Å²) in [5, 5.41) is 0. The molecule has 104 valence electrons. The van der Waals surface area contributed by atoms with Crippen LogP contribution in [0.4, 0.5) is 26.3 Å². The van der Waals surface area contributed by atoms with Gasteiger partial charge in [-0.15, -0.1) is 0 Å². The molecular formula is C6H10F6NO3P. The molecule has 0 fully saturated rings. The molecule has 0 heterocycles. The molecule has 0 atom stereocenters. The van der Waals surface area contributed by atoms with Crippen LogP contribution in [0.15, 0.2) is 0 Å². The number of hydrogen-bond acceptors (Lipinski definition) is 1. The van der Waals surface area contributed by atoms with Crippen LogP contribution in [-0.2, 0) is 4.57 Å². The zero-order chi connectivity index (χ0) is 14.1. The van der Waals surface area contributed by atoms with Crippen molar-refractivity contribution in [2.45, 2.75) is 31.2 Å². The Morgan fingerprint density at radius 2 is 1.35 bits per heavy atom. The lowest BCUT2D eigenvalue weighted by Crippen LogP contribution is -2.37. The lowest BCUT2D eigenvalue weighted by atomic mass is 10.1. The van der Waals surface area contributed by atoms with Gasteiger partial charge in [-0.25, -0.2) is 9.24 Å². The second-order valence-electron chi connectivity index (χ2n) is 3.38. The highest BCUT2D eigenvalue weighted by Gasteiger charge is 2.44. The van der Waals surface area contributed by atoms with E-state index >= 15 is 0 Å². The minimum atomic E-state index is -5.15. The van der Waals surface area contributed by atoms with E-state index in [9.17, 15) is 30.9 Å². The van der Waals surface area contributed by atoms with E-state index in [4.69, 9.17) is 9.79 Å². The smallest absolute Gasteiger partial charge is 0.312 e. The Kier molecular flexibility index (Phi) is 5.04. The topological polar surface area (TPSA) is 60.8 Å². The lowest BCUT2D eigenvalue weighted by Gasteiger charge is -2.29. The van der Waals surface area contributed by atoms with Crippen molar-refractivity contribution in [3.05, 3.63) is 0 Å². The van der Waals surface area contributed by atoms with E-state index in [1.165, 1.54) is 0 Å². The molecule has 2 N–H and O–H groups in total. The monoisotopic (exact) mass is 289 g/mol. The van der Waals surface area contributed by atoms with Gasteiger partial charge in [0.2, 0.25) is 0 Å². The van der Waals surface area contributed by atoms with Gasteiger partial charge in [0, 0.05) is 6.04 Å². The van der Waals surface area contributed by atoms with Crippen molar-refractivity contribution < 1.29 is 40.7 Å². The molecule has 17 heavy (non-hydrogen) atoms. The summed E-state index contributed by atoms with van der Waals surface area (Å²) in [6.07, 6.45) is -13.8. The predicted octanol–water partition coefficient (Wildman–Crippen LogP) is 2.28. The van der Waals surface area contributed by atoms with Crippen LogP contribution in [0.1, 0.15) is 12.8 Å². The summed E-state index contributed by atoms with van der Waals surface area (Å²) >= 11 is 0. The normalized spacial score (nSPS) is 14.8. The Morgan fingerprint density at radius 1 is 1.06 bits per heavy atom. The van der Waals surface area contributed by atoms with E-state index in [0.29, 0.717) is 7.05 Å². The third-order valence-corrected chi connectivity index (χ3v) is 3.02. The first-order valence-corrected chi connectivity index (χ1v) is 5.71. The van der Waals surface area contributed by atoms with Gasteiger partial charge in [-0.3, -0.25) is 0 Å². The summed E-state index contributed by atoms with van der Waals surface area (Å²) in [6.45, 7) is 0. The molecule has 0 aliphatic rings. The number of halogens is 6. The highest BCUT2D eigenvalue weighted by molar-refractivity contribution is 7.49. The van der Waals surface area contributed by atoms with Crippen molar-refractivity contribution in [3.63, 3.8) is 0 Å². The Bertz CT molecular complexity index is 281. The fourth-order valence-electron chi connectivity index (χ4n) is 1.08. The SMILES string of the molecule is CN(C(CC(F)(F)F)CC(F)(F)F)P(=O)(O)O. The second-order valence-corrected chi connectivity index (χ2v) is 5.04. The molecule has 0 aliphatic heterocycles. The summed E-state index contributed by atoms with van der Waals surface area (Å²) in [5.41, 5.74) is 0. The number of alkyl halides is 6. The van der Waals surface area contributed by atoms with Gasteiger partial charge in [-0.05, 0) is 7.05 Å². The number of nitrogens with zero attached hydrogens (tertiary/aromatic N) is 1. The van der Waals surface area contributed by atoms with Gasteiger partial charge >= 0.3 is 20.1 Å². The van der Waals surface area contributed by atoms with Gasteiger partial charge < -0.3 is 9.79 Å². The fourth-order valence-corrected chi connectivity index (χ4v) is 1.67. The van der Waals surface area contributed by atoms with E-state index < -0.39 is 39.0 Å². The first kappa shape index (κ1) is 16.7. The van der Waals surface area contributed by atoms with Crippen LogP contribution < -0.4 is 0 Å². The third kappa shape index (κ3) is 7.58. The summed E-state index contributed by atoms with van der Waals surface area (Å²) < 4.78 is 82.3. The van der Waals surface area contributed by atoms with Crippen LogP contribution in [0.25, 0.3) is 0 Å². The summed E-state index contributed by atoms with van der Waals surface area (Å²) in [4.78, 5) is 17.1. The highest BCUT2D eigenvalue weighted by Crippen LogP contribution is 2.44. The molecule has 0 bridgehead atoms. The molecule has 0 unspecified atom stereocenters. The summed E-state index contributed by atoms with van der Waals surface area (Å²) in [7, 11) is -4.63. The lowest BCUT2D eigenvalue weighted by molar-refractivity contribution is -0.171.